The van der Waals surface area contributed by atoms with Crippen LogP contribution in [0.25, 0.3) is 0 Å². The van der Waals surface area contributed by atoms with Gasteiger partial charge in [0, 0.05) is 19.0 Å². The van der Waals surface area contributed by atoms with Crippen molar-refractivity contribution in [1.82, 2.24) is 4.90 Å². The minimum atomic E-state index is -0.719. The number of likely N-dealkylation sites (tertiary alicyclic amines) is 1. The van der Waals surface area contributed by atoms with Gasteiger partial charge in [-0.05, 0) is 38.0 Å². The van der Waals surface area contributed by atoms with Crippen molar-refractivity contribution in [3.63, 3.8) is 0 Å². The van der Waals surface area contributed by atoms with Crippen LogP contribution in [0, 0.1) is 28.6 Å². The zero-order valence-electron chi connectivity index (χ0n) is 9.93. The largest absolute Gasteiger partial charge is 0.393 e. The Kier molecular flexibility index (Phi) is 2.41. The predicted octanol–water partition coefficient (Wildman–Crippen LogP) is 0.910. The van der Waals surface area contributed by atoms with Gasteiger partial charge in [0.2, 0.25) is 5.91 Å². The second-order valence-corrected chi connectivity index (χ2v) is 5.83. The highest BCUT2D eigenvalue weighted by Gasteiger charge is 2.51. The second-order valence-electron chi connectivity index (χ2n) is 5.83. The minimum absolute atomic E-state index is 0.0212. The number of hydrogen-bond donors (Lipinski definition) is 1. The zero-order chi connectivity index (χ0) is 12.0. The second kappa shape index (κ2) is 3.71. The summed E-state index contributed by atoms with van der Waals surface area (Å²) in [7, 11) is 0. The standard InChI is InChI=1S/C13H18N2O2/c14-8-13(4-1-5-13)12(17)15-6-9-2-3-11(16)10(9)7-15/h9-11,16H,1-7H2. The van der Waals surface area contributed by atoms with Crippen molar-refractivity contribution in [2.24, 2.45) is 17.3 Å². The van der Waals surface area contributed by atoms with E-state index in [0.717, 1.165) is 38.6 Å². The molecule has 17 heavy (non-hydrogen) atoms. The first-order chi connectivity index (χ1) is 8.16. The maximum Gasteiger partial charge on any atom is 0.243 e. The van der Waals surface area contributed by atoms with Crippen LogP contribution in [0.5, 0.6) is 0 Å². The summed E-state index contributed by atoms with van der Waals surface area (Å²) in [5.41, 5.74) is -0.719. The number of carbonyl (C=O) groups is 1. The van der Waals surface area contributed by atoms with Crippen LogP contribution in [-0.2, 0) is 4.79 Å². The number of hydrogen-bond acceptors (Lipinski definition) is 3. The quantitative estimate of drug-likeness (QED) is 0.733. The van der Waals surface area contributed by atoms with Gasteiger partial charge in [-0.15, -0.1) is 0 Å². The van der Waals surface area contributed by atoms with Gasteiger partial charge in [0.05, 0.1) is 12.2 Å². The average molecular weight is 234 g/mol. The van der Waals surface area contributed by atoms with E-state index >= 15 is 0 Å². The van der Waals surface area contributed by atoms with Crippen molar-refractivity contribution in [1.29, 1.82) is 5.26 Å². The van der Waals surface area contributed by atoms with Gasteiger partial charge in [-0.2, -0.15) is 5.26 Å². The third kappa shape index (κ3) is 1.49. The van der Waals surface area contributed by atoms with Crippen LogP contribution in [0.2, 0.25) is 0 Å². The van der Waals surface area contributed by atoms with Crippen molar-refractivity contribution >= 4 is 5.91 Å². The molecule has 3 aliphatic rings. The lowest BCUT2D eigenvalue weighted by Crippen LogP contribution is -2.46. The fourth-order valence-corrected chi connectivity index (χ4v) is 3.61. The molecular formula is C13H18N2O2. The van der Waals surface area contributed by atoms with Crippen LogP contribution in [0.4, 0.5) is 0 Å². The first-order valence-corrected chi connectivity index (χ1v) is 6.55. The summed E-state index contributed by atoms with van der Waals surface area (Å²) in [5, 5.41) is 19.0. The molecule has 2 aliphatic carbocycles. The van der Waals surface area contributed by atoms with E-state index in [4.69, 9.17) is 0 Å². The van der Waals surface area contributed by atoms with Gasteiger partial charge in [0.15, 0.2) is 0 Å². The molecule has 4 nitrogen and oxygen atoms in total. The van der Waals surface area contributed by atoms with Crippen LogP contribution in [0.3, 0.4) is 0 Å². The summed E-state index contributed by atoms with van der Waals surface area (Å²) in [6.07, 6.45) is 4.09. The molecule has 1 heterocycles. The minimum Gasteiger partial charge on any atom is -0.393 e. The molecule has 0 aromatic heterocycles. The fourth-order valence-electron chi connectivity index (χ4n) is 3.61. The van der Waals surface area contributed by atoms with Crippen molar-refractivity contribution in [2.75, 3.05) is 13.1 Å². The molecule has 3 fully saturated rings. The molecule has 1 saturated heterocycles. The Morgan fingerprint density at radius 2 is 2.12 bits per heavy atom. The van der Waals surface area contributed by atoms with Crippen LogP contribution in [0.15, 0.2) is 0 Å². The molecule has 0 aromatic rings. The van der Waals surface area contributed by atoms with Gasteiger partial charge in [-0.1, -0.05) is 0 Å². The number of nitriles is 1. The van der Waals surface area contributed by atoms with E-state index in [-0.39, 0.29) is 17.9 Å². The highest BCUT2D eigenvalue weighted by Crippen LogP contribution is 2.45. The van der Waals surface area contributed by atoms with E-state index in [2.05, 4.69) is 6.07 Å². The number of rotatable bonds is 1. The zero-order valence-corrected chi connectivity index (χ0v) is 9.93. The predicted molar refractivity (Wildman–Crippen MR) is 60.7 cm³/mol. The van der Waals surface area contributed by atoms with E-state index in [0.29, 0.717) is 12.5 Å². The summed E-state index contributed by atoms with van der Waals surface area (Å²) in [4.78, 5) is 14.2. The van der Waals surface area contributed by atoms with Crippen LogP contribution in [-0.4, -0.2) is 35.1 Å². The van der Waals surface area contributed by atoms with E-state index in [1.807, 2.05) is 4.90 Å². The number of nitrogens with zero attached hydrogens (tertiary/aromatic N) is 2. The third-order valence-electron chi connectivity index (χ3n) is 4.94. The summed E-state index contributed by atoms with van der Waals surface area (Å²) in [5.74, 6) is 0.743. The summed E-state index contributed by atoms with van der Waals surface area (Å²) >= 11 is 0. The lowest BCUT2D eigenvalue weighted by molar-refractivity contribution is -0.142. The molecule has 92 valence electrons. The summed E-state index contributed by atoms with van der Waals surface area (Å²) in [6.45, 7) is 1.41. The van der Waals surface area contributed by atoms with Crippen LogP contribution >= 0.6 is 0 Å². The first kappa shape index (κ1) is 11.0. The molecular weight excluding hydrogens is 216 g/mol. The fraction of sp³-hybridized carbons (Fsp3) is 0.846. The molecule has 1 N–H and O–H groups in total. The molecule has 2 saturated carbocycles. The molecule has 0 spiro atoms. The Morgan fingerprint density at radius 3 is 2.65 bits per heavy atom. The Balaban J connectivity index is 1.71. The highest BCUT2D eigenvalue weighted by molar-refractivity contribution is 5.86. The van der Waals surface area contributed by atoms with Gasteiger partial charge in [-0.25, -0.2) is 0 Å². The molecule has 3 unspecified atom stereocenters. The maximum absolute atomic E-state index is 12.3. The number of fused-ring (bicyclic) bond motifs is 1. The number of carbonyl (C=O) groups excluding carboxylic acids is 1. The monoisotopic (exact) mass is 234 g/mol. The topological polar surface area (TPSA) is 64.3 Å². The maximum atomic E-state index is 12.3. The van der Waals surface area contributed by atoms with Gasteiger partial charge < -0.3 is 10.0 Å². The van der Waals surface area contributed by atoms with Crippen molar-refractivity contribution in [3.05, 3.63) is 0 Å². The highest BCUT2D eigenvalue weighted by atomic mass is 16.3. The van der Waals surface area contributed by atoms with Crippen LogP contribution < -0.4 is 0 Å². The smallest absolute Gasteiger partial charge is 0.243 e. The van der Waals surface area contributed by atoms with Crippen molar-refractivity contribution in [2.45, 2.75) is 38.2 Å². The molecule has 3 rings (SSSR count). The number of aliphatic hydroxyl groups excluding tert-OH is 1. The molecule has 1 amide bonds. The lowest BCUT2D eigenvalue weighted by atomic mass is 9.69. The van der Waals surface area contributed by atoms with Gasteiger partial charge in [0.25, 0.3) is 0 Å². The molecule has 4 heteroatoms. The summed E-state index contributed by atoms with van der Waals surface area (Å²) < 4.78 is 0. The Labute approximate surface area is 101 Å². The third-order valence-corrected chi connectivity index (χ3v) is 4.94. The van der Waals surface area contributed by atoms with E-state index in [1.54, 1.807) is 0 Å². The Hall–Kier alpha value is -1.08. The van der Waals surface area contributed by atoms with E-state index < -0.39 is 5.41 Å². The van der Waals surface area contributed by atoms with E-state index in [1.165, 1.54) is 0 Å². The molecule has 0 bridgehead atoms. The number of aliphatic hydroxyl groups is 1. The van der Waals surface area contributed by atoms with Gasteiger partial charge >= 0.3 is 0 Å². The molecule has 1 aliphatic heterocycles. The van der Waals surface area contributed by atoms with Crippen LogP contribution in [0.1, 0.15) is 32.1 Å². The van der Waals surface area contributed by atoms with Gasteiger partial charge in [0.1, 0.15) is 5.41 Å². The molecule has 0 radical (unpaired) electrons. The first-order valence-electron chi connectivity index (χ1n) is 6.55. The number of amides is 1. The Bertz CT molecular complexity index is 383. The molecule has 3 atom stereocenters. The van der Waals surface area contributed by atoms with Gasteiger partial charge in [-0.3, -0.25) is 4.79 Å². The van der Waals surface area contributed by atoms with E-state index in [9.17, 15) is 15.2 Å². The summed E-state index contributed by atoms with van der Waals surface area (Å²) in [6, 6.07) is 2.21. The molecule has 0 aromatic carbocycles. The normalized spacial score (nSPS) is 38.4. The van der Waals surface area contributed by atoms with Crippen molar-refractivity contribution in [3.8, 4) is 6.07 Å². The SMILES string of the molecule is N#CC1(C(=O)N2CC3CCC(O)C3C2)CCC1. The average Bonchev–Trinajstić information content (AvgIpc) is 2.80. The Morgan fingerprint density at radius 1 is 1.35 bits per heavy atom. The van der Waals surface area contributed by atoms with Crippen molar-refractivity contribution < 1.29 is 9.90 Å². The lowest BCUT2D eigenvalue weighted by Gasteiger charge is -2.37.